The van der Waals surface area contributed by atoms with Gasteiger partial charge in [-0.3, -0.25) is 4.79 Å². The van der Waals surface area contributed by atoms with Crippen LogP contribution in [0.5, 0.6) is 5.75 Å². The van der Waals surface area contributed by atoms with Gasteiger partial charge in [0.2, 0.25) is 0 Å². The highest BCUT2D eigenvalue weighted by Gasteiger charge is 2.41. The van der Waals surface area contributed by atoms with Crippen LogP contribution in [0.3, 0.4) is 0 Å². The molecule has 0 aliphatic carbocycles. The van der Waals surface area contributed by atoms with Gasteiger partial charge in [-0.1, -0.05) is 36.4 Å². The minimum atomic E-state index is -3.29. The molecule has 5 nitrogen and oxygen atoms in total. The number of benzene rings is 2. The zero-order chi connectivity index (χ0) is 20.4. The molecule has 150 valence electrons. The van der Waals surface area contributed by atoms with Crippen molar-refractivity contribution in [2.24, 2.45) is 0 Å². The summed E-state index contributed by atoms with van der Waals surface area (Å²) in [6, 6.07) is 16.9. The second-order valence-corrected chi connectivity index (χ2v) is 11.1. The van der Waals surface area contributed by atoms with Gasteiger partial charge in [-0.05, 0) is 51.0 Å². The van der Waals surface area contributed by atoms with E-state index in [-0.39, 0.29) is 12.5 Å². The van der Waals surface area contributed by atoms with Crippen LogP contribution in [0.25, 0.3) is 0 Å². The molecule has 0 aromatic heterocycles. The van der Waals surface area contributed by atoms with Crippen molar-refractivity contribution >= 4 is 15.7 Å². The second-order valence-electron chi connectivity index (χ2n) is 8.12. The number of sulfone groups is 1. The largest absolute Gasteiger partial charge is 0.489 e. The number of ether oxygens (including phenoxy) is 1. The van der Waals surface area contributed by atoms with Crippen LogP contribution >= 0.6 is 0 Å². The molecule has 1 heterocycles. The molecule has 1 amide bonds. The summed E-state index contributed by atoms with van der Waals surface area (Å²) in [6.45, 7) is 6.25. The van der Waals surface area contributed by atoms with E-state index in [1.807, 2.05) is 36.4 Å². The molecule has 0 spiro atoms. The highest BCUT2D eigenvalue weighted by Crippen LogP contribution is 2.28. The summed E-state index contributed by atoms with van der Waals surface area (Å²) >= 11 is 0. The van der Waals surface area contributed by atoms with Gasteiger partial charge in [-0.25, -0.2) is 8.42 Å². The van der Waals surface area contributed by atoms with Crippen molar-refractivity contribution in [1.29, 1.82) is 0 Å². The lowest BCUT2D eigenvalue weighted by Crippen LogP contribution is -2.39. The Hall–Kier alpha value is -2.34. The predicted molar refractivity (Wildman–Crippen MR) is 110 cm³/mol. The lowest BCUT2D eigenvalue weighted by Gasteiger charge is -2.24. The van der Waals surface area contributed by atoms with Crippen molar-refractivity contribution in [1.82, 2.24) is 4.90 Å². The molecule has 0 radical (unpaired) electrons. The fourth-order valence-corrected chi connectivity index (χ4v) is 5.10. The standard InChI is InChI=1S/C22H27NO4S/c1-22(2,3)28(25,26)20-12-13-23(15-20)21(24)18-10-7-11-19(14-18)27-16-17-8-5-4-6-9-17/h4-11,14,20H,12-13,15-16H2,1-3H3. The molecule has 2 aromatic carbocycles. The van der Waals surface area contributed by atoms with Crippen molar-refractivity contribution in [2.75, 3.05) is 13.1 Å². The highest BCUT2D eigenvalue weighted by molar-refractivity contribution is 7.93. The van der Waals surface area contributed by atoms with Gasteiger partial charge in [0.15, 0.2) is 9.84 Å². The molecular formula is C22H27NO4S. The molecule has 1 atom stereocenters. The number of rotatable bonds is 5. The van der Waals surface area contributed by atoms with E-state index in [4.69, 9.17) is 4.74 Å². The third kappa shape index (κ3) is 4.38. The first-order valence-electron chi connectivity index (χ1n) is 9.48. The van der Waals surface area contributed by atoms with Gasteiger partial charge >= 0.3 is 0 Å². The number of likely N-dealkylation sites (tertiary alicyclic amines) is 1. The second kappa shape index (κ2) is 7.95. The Balaban J connectivity index is 1.67. The van der Waals surface area contributed by atoms with Crippen LogP contribution in [-0.2, 0) is 16.4 Å². The van der Waals surface area contributed by atoms with Crippen LogP contribution in [0.15, 0.2) is 54.6 Å². The lowest BCUT2D eigenvalue weighted by molar-refractivity contribution is 0.0792. The van der Waals surface area contributed by atoms with Gasteiger partial charge in [-0.2, -0.15) is 0 Å². The van der Waals surface area contributed by atoms with Crippen molar-refractivity contribution < 1.29 is 17.9 Å². The van der Waals surface area contributed by atoms with E-state index in [9.17, 15) is 13.2 Å². The molecule has 1 aliphatic rings. The Morgan fingerprint density at radius 3 is 2.50 bits per heavy atom. The first-order valence-corrected chi connectivity index (χ1v) is 11.0. The highest BCUT2D eigenvalue weighted by atomic mass is 32.2. The number of carbonyl (C=O) groups excluding carboxylic acids is 1. The Bertz CT molecular complexity index is 933. The van der Waals surface area contributed by atoms with Crippen molar-refractivity contribution in [3.63, 3.8) is 0 Å². The van der Waals surface area contributed by atoms with Crippen molar-refractivity contribution in [3.05, 3.63) is 65.7 Å². The van der Waals surface area contributed by atoms with Gasteiger partial charge in [0.1, 0.15) is 12.4 Å². The first kappa shape index (κ1) is 20.4. The van der Waals surface area contributed by atoms with E-state index in [0.717, 1.165) is 5.56 Å². The lowest BCUT2D eigenvalue weighted by atomic mass is 10.2. The summed E-state index contributed by atoms with van der Waals surface area (Å²) < 4.78 is 30.3. The minimum Gasteiger partial charge on any atom is -0.489 e. The zero-order valence-electron chi connectivity index (χ0n) is 16.6. The van der Waals surface area contributed by atoms with Crippen LogP contribution in [0.1, 0.15) is 43.1 Å². The average molecular weight is 402 g/mol. The zero-order valence-corrected chi connectivity index (χ0v) is 17.4. The topological polar surface area (TPSA) is 63.7 Å². The number of carbonyl (C=O) groups is 1. The fraction of sp³-hybridized carbons (Fsp3) is 0.409. The van der Waals surface area contributed by atoms with Crippen molar-refractivity contribution in [3.8, 4) is 5.75 Å². The Kier molecular flexibility index (Phi) is 5.79. The summed E-state index contributed by atoms with van der Waals surface area (Å²) in [7, 11) is -3.29. The molecule has 1 unspecified atom stereocenters. The van der Waals surface area contributed by atoms with Crippen LogP contribution in [0.4, 0.5) is 0 Å². The van der Waals surface area contributed by atoms with E-state index in [1.165, 1.54) is 0 Å². The summed E-state index contributed by atoms with van der Waals surface area (Å²) in [4.78, 5) is 14.5. The normalized spacial score (nSPS) is 17.5. The van der Waals surface area contributed by atoms with Crippen LogP contribution < -0.4 is 4.74 Å². The molecule has 28 heavy (non-hydrogen) atoms. The van der Waals surface area contributed by atoms with E-state index in [0.29, 0.717) is 30.9 Å². The van der Waals surface area contributed by atoms with Gasteiger partial charge in [-0.15, -0.1) is 0 Å². The molecule has 6 heteroatoms. The van der Waals surface area contributed by atoms with Gasteiger partial charge in [0.25, 0.3) is 5.91 Å². The quantitative estimate of drug-likeness (QED) is 0.766. The van der Waals surface area contributed by atoms with E-state index in [1.54, 1.807) is 43.9 Å². The maximum absolute atomic E-state index is 12.9. The Morgan fingerprint density at radius 2 is 1.82 bits per heavy atom. The number of hydrogen-bond acceptors (Lipinski definition) is 4. The van der Waals surface area contributed by atoms with Crippen LogP contribution in [0, 0.1) is 0 Å². The minimum absolute atomic E-state index is 0.156. The average Bonchev–Trinajstić information content (AvgIpc) is 3.17. The fourth-order valence-electron chi connectivity index (χ4n) is 3.31. The third-order valence-corrected chi connectivity index (χ3v) is 8.02. The maximum atomic E-state index is 12.9. The summed E-state index contributed by atoms with van der Waals surface area (Å²) in [6.07, 6.45) is 0.482. The smallest absolute Gasteiger partial charge is 0.254 e. The monoisotopic (exact) mass is 401 g/mol. The molecule has 1 fully saturated rings. The molecule has 0 bridgehead atoms. The van der Waals surface area contributed by atoms with Gasteiger partial charge in [0.05, 0.1) is 10.00 Å². The maximum Gasteiger partial charge on any atom is 0.254 e. The summed E-state index contributed by atoms with van der Waals surface area (Å²) in [5.41, 5.74) is 1.56. The Labute approximate surface area is 167 Å². The number of hydrogen-bond donors (Lipinski definition) is 0. The molecule has 1 aliphatic heterocycles. The summed E-state index contributed by atoms with van der Waals surface area (Å²) in [5.74, 6) is 0.463. The van der Waals surface area contributed by atoms with E-state index >= 15 is 0 Å². The van der Waals surface area contributed by atoms with E-state index < -0.39 is 19.8 Å². The van der Waals surface area contributed by atoms with Crippen molar-refractivity contribution in [2.45, 2.75) is 43.8 Å². The molecule has 2 aromatic rings. The first-order chi connectivity index (χ1) is 13.2. The molecular weight excluding hydrogens is 374 g/mol. The molecule has 3 rings (SSSR count). The molecule has 1 saturated heterocycles. The van der Waals surface area contributed by atoms with Crippen LogP contribution in [0.2, 0.25) is 0 Å². The number of amides is 1. The third-order valence-electron chi connectivity index (χ3n) is 5.05. The molecule has 0 N–H and O–H groups in total. The predicted octanol–water partition coefficient (Wildman–Crippen LogP) is 3.69. The molecule has 0 saturated carbocycles. The van der Waals surface area contributed by atoms with E-state index in [2.05, 4.69) is 0 Å². The van der Waals surface area contributed by atoms with Crippen LogP contribution in [-0.4, -0.2) is 42.3 Å². The Morgan fingerprint density at radius 1 is 1.11 bits per heavy atom. The van der Waals surface area contributed by atoms with Gasteiger partial charge < -0.3 is 9.64 Å². The number of nitrogens with zero attached hydrogens (tertiary/aromatic N) is 1. The summed E-state index contributed by atoms with van der Waals surface area (Å²) in [5, 5.41) is -0.506. The van der Waals surface area contributed by atoms with Gasteiger partial charge in [0, 0.05) is 18.7 Å². The SMILES string of the molecule is CC(C)(C)S(=O)(=O)C1CCN(C(=O)c2cccc(OCc3ccccc3)c2)C1.